The highest BCUT2D eigenvalue weighted by molar-refractivity contribution is 6.04. The quantitative estimate of drug-likeness (QED) is 0.418. The third kappa shape index (κ3) is 59.4. The number of halogens is 1. The third-order valence-corrected chi connectivity index (χ3v) is 0. The fourth-order valence-corrected chi connectivity index (χ4v) is 0. The number of hydrogen-bond acceptors (Lipinski definition) is 3. The minimum Gasteiger partial charge on any atom is -0.295 e. The van der Waals surface area contributed by atoms with E-state index in [4.69, 9.17) is 9.57 Å². The molecule has 0 amide bonds. The molecule has 0 unspecified atom stereocenters. The molecule has 0 radical (unpaired) electrons. The summed E-state index contributed by atoms with van der Waals surface area (Å²) in [5.41, 5.74) is 4.50. The minimum absolute atomic E-state index is 3.64. The van der Waals surface area contributed by atoms with E-state index in [1.807, 2.05) is 0 Å². The molecule has 0 rings (SSSR count). The molecule has 0 aliphatic rings. The Kier molecular flexibility index (Phi) is 990. The number of nitrogens with one attached hydrogen (secondary N) is 1. The largest absolute Gasteiger partial charge is 0.295 e. The predicted octanol–water partition coefficient (Wildman–Crippen LogP) is 0.464. The van der Waals surface area contributed by atoms with Crippen molar-refractivity contribution in [2.45, 2.75) is 0 Å². The first-order chi connectivity index (χ1) is 2.00. The van der Waals surface area contributed by atoms with Crippen LogP contribution in [0.3, 0.4) is 0 Å². The van der Waals surface area contributed by atoms with E-state index >= 15 is 0 Å². The molecular formula is H2ClNO2. The molecule has 0 saturated carbocycles. The van der Waals surface area contributed by atoms with Crippen molar-refractivity contribution >= 4 is 11.9 Å². The molecule has 0 bridgehead atoms. The average molecular weight is 83.5 g/mol. The van der Waals surface area contributed by atoms with Crippen LogP contribution in [-0.4, -0.2) is 4.66 Å². The second-order valence-corrected chi connectivity index (χ2v) is 0. The summed E-state index contributed by atoms with van der Waals surface area (Å²) in [4.78, 5) is 7.50. The van der Waals surface area contributed by atoms with Gasteiger partial charge in [-0.25, -0.2) is 0 Å². The molecule has 0 fully saturated rings. The molecule has 3 nitrogen and oxygen atoms in total. The molecule has 0 aliphatic heterocycles. The van der Waals surface area contributed by atoms with Crippen LogP contribution in [0.5, 0.6) is 0 Å². The van der Waals surface area contributed by atoms with E-state index in [0.29, 0.717) is 0 Å². The first-order valence-corrected chi connectivity index (χ1v) is 0.711. The topological polar surface area (TPSA) is 61.2 Å². The van der Waals surface area contributed by atoms with Gasteiger partial charge in [0.15, 0.2) is 0 Å². The maximum Gasteiger partial charge on any atom is 0.0579 e. The van der Waals surface area contributed by atoms with Crippen molar-refractivity contribution in [1.82, 2.24) is 0 Å². The SMILES string of the molecule is N=O.OCl. The van der Waals surface area contributed by atoms with Crippen molar-refractivity contribution in [3.8, 4) is 0 Å². The van der Waals surface area contributed by atoms with Crippen LogP contribution in [0.25, 0.3) is 0 Å². The maximum absolute atomic E-state index is 7.50. The van der Waals surface area contributed by atoms with Crippen LogP contribution in [0.4, 0.5) is 0 Å². The minimum atomic E-state index is 3.64. The summed E-state index contributed by atoms with van der Waals surface area (Å²) >= 11 is 3.64. The van der Waals surface area contributed by atoms with Crippen molar-refractivity contribution in [2.75, 3.05) is 0 Å². The normalized spacial score (nSPS) is 2.50. The van der Waals surface area contributed by atoms with Crippen LogP contribution in [0, 0.1) is 10.5 Å². The van der Waals surface area contributed by atoms with E-state index in [9.17, 15) is 0 Å². The van der Waals surface area contributed by atoms with E-state index in [0.717, 1.165) is 0 Å². The molecule has 0 heterocycles. The zero-order valence-electron chi connectivity index (χ0n) is 1.73. The van der Waals surface area contributed by atoms with E-state index in [1.54, 1.807) is 0 Å². The molecular weight excluding hydrogens is 81.5 g/mol. The standard InChI is InChI=1S/ClHO.HNO/c2*1-2/h2H;1H. The third-order valence-electron chi connectivity index (χ3n) is 0. The first-order valence-electron chi connectivity index (χ1n) is 0.373. The zero-order chi connectivity index (χ0) is 4.00. The highest BCUT2D eigenvalue weighted by Gasteiger charge is 0.897. The van der Waals surface area contributed by atoms with Gasteiger partial charge in [0.2, 0.25) is 0 Å². The average Bonchev–Trinajstić information content (AvgIpc) is 1.50. The molecule has 26 valence electrons. The van der Waals surface area contributed by atoms with Crippen LogP contribution in [-0.2, 0) is 0 Å². The second-order valence-electron chi connectivity index (χ2n) is 0. The summed E-state index contributed by atoms with van der Waals surface area (Å²) in [6.07, 6.45) is 0. The number of rotatable bonds is 0. The molecule has 0 atom stereocenters. The fourth-order valence-electron chi connectivity index (χ4n) is 0. The molecule has 0 aromatic carbocycles. The van der Waals surface area contributed by atoms with Gasteiger partial charge in [0.05, 0.1) is 11.9 Å². The Morgan fingerprint density at radius 1 is 1.50 bits per heavy atom. The first kappa shape index (κ1) is 9.14. The van der Waals surface area contributed by atoms with E-state index < -0.39 is 0 Å². The molecule has 0 aliphatic carbocycles. The summed E-state index contributed by atoms with van der Waals surface area (Å²) < 4.78 is 6.47. The van der Waals surface area contributed by atoms with Gasteiger partial charge in [-0.2, -0.15) is 4.91 Å². The van der Waals surface area contributed by atoms with Crippen LogP contribution < -0.4 is 0 Å². The lowest BCUT2D eigenvalue weighted by molar-refractivity contribution is 0.632. The van der Waals surface area contributed by atoms with Crippen LogP contribution in [0.2, 0.25) is 0 Å². The van der Waals surface area contributed by atoms with E-state index in [1.165, 1.54) is 0 Å². The van der Waals surface area contributed by atoms with Gasteiger partial charge in [-0.05, 0) is 0 Å². The molecule has 0 spiro atoms. The fraction of sp³-hybridized carbons (Fsp3) is 0. The summed E-state index contributed by atoms with van der Waals surface area (Å²) in [7, 11) is 0. The second kappa shape index (κ2) is 434. The highest BCUT2D eigenvalue weighted by atomic mass is 35.5. The summed E-state index contributed by atoms with van der Waals surface area (Å²) in [5.74, 6) is 0. The van der Waals surface area contributed by atoms with Crippen LogP contribution >= 0.6 is 11.9 Å². The molecule has 0 aromatic heterocycles. The Morgan fingerprint density at radius 3 is 1.50 bits per heavy atom. The molecule has 4 heavy (non-hydrogen) atoms. The van der Waals surface area contributed by atoms with Gasteiger partial charge in [0, 0.05) is 0 Å². The lowest BCUT2D eigenvalue weighted by atomic mass is 13.8. The van der Waals surface area contributed by atoms with Crippen molar-refractivity contribution in [2.24, 2.45) is 0 Å². The van der Waals surface area contributed by atoms with Gasteiger partial charge < -0.3 is 0 Å². The van der Waals surface area contributed by atoms with Gasteiger partial charge >= 0.3 is 0 Å². The van der Waals surface area contributed by atoms with Crippen molar-refractivity contribution in [3.63, 3.8) is 0 Å². The lowest BCUT2D eigenvalue weighted by Crippen LogP contribution is -0.913. The Bertz CT molecular complexity index is 6.00. The van der Waals surface area contributed by atoms with Crippen molar-refractivity contribution < 1.29 is 4.66 Å². The molecule has 0 saturated heterocycles. The maximum atomic E-state index is 7.50. The Morgan fingerprint density at radius 2 is 1.50 bits per heavy atom. The van der Waals surface area contributed by atoms with Crippen molar-refractivity contribution in [3.05, 3.63) is 4.91 Å². The zero-order valence-corrected chi connectivity index (χ0v) is 2.49. The Hall–Kier alpha value is -0.150. The van der Waals surface area contributed by atoms with Gasteiger partial charge in [-0.15, -0.1) is 0 Å². The van der Waals surface area contributed by atoms with Gasteiger partial charge in [0.1, 0.15) is 0 Å². The summed E-state index contributed by atoms with van der Waals surface area (Å²) in [6, 6.07) is 0. The lowest BCUT2D eigenvalue weighted by Gasteiger charge is -1.13. The summed E-state index contributed by atoms with van der Waals surface area (Å²) in [6.45, 7) is 0. The predicted molar refractivity (Wildman–Crippen MR) is 14.2 cm³/mol. The van der Waals surface area contributed by atoms with Gasteiger partial charge in [-0.1, -0.05) is 5.59 Å². The molecule has 2 N–H and O–H groups in total. The smallest absolute Gasteiger partial charge is 0.0579 e. The Labute approximate surface area is 28.1 Å². The van der Waals surface area contributed by atoms with Crippen LogP contribution in [0.15, 0.2) is 0 Å². The van der Waals surface area contributed by atoms with Crippen LogP contribution in [0.1, 0.15) is 0 Å². The summed E-state index contributed by atoms with van der Waals surface area (Å²) in [5, 5.41) is 0. The molecule has 0 aromatic rings. The monoisotopic (exact) mass is 83.0 g/mol. The van der Waals surface area contributed by atoms with Crippen molar-refractivity contribution in [1.29, 1.82) is 5.59 Å². The number of hydrogen-bond donors (Lipinski definition) is 2. The van der Waals surface area contributed by atoms with E-state index in [-0.39, 0.29) is 0 Å². The molecule has 4 heteroatoms. The van der Waals surface area contributed by atoms with Gasteiger partial charge in [0.25, 0.3) is 0 Å². The van der Waals surface area contributed by atoms with Gasteiger partial charge in [-0.3, -0.25) is 4.66 Å². The Balaban J connectivity index is 0. The highest BCUT2D eigenvalue weighted by Crippen LogP contribution is 1.31. The van der Waals surface area contributed by atoms with E-state index in [2.05, 4.69) is 17.5 Å². The number of nitroso groups, excluding NO2 is 1.